The van der Waals surface area contributed by atoms with Gasteiger partial charge in [0.15, 0.2) is 0 Å². The van der Waals surface area contributed by atoms with Crippen molar-refractivity contribution in [1.29, 1.82) is 0 Å². The van der Waals surface area contributed by atoms with Crippen LogP contribution in [0.15, 0.2) is 42.5 Å². The van der Waals surface area contributed by atoms with Crippen molar-refractivity contribution in [2.75, 3.05) is 20.8 Å². The maximum Gasteiger partial charge on any atom is 0.127 e. The molecule has 0 aromatic heterocycles. The van der Waals surface area contributed by atoms with E-state index in [0.29, 0.717) is 0 Å². The molecular formula is C18H23NO2. The molecule has 2 aromatic rings. The Hall–Kier alpha value is -2.00. The molecule has 0 saturated heterocycles. The van der Waals surface area contributed by atoms with Gasteiger partial charge in [0, 0.05) is 17.7 Å². The molecule has 0 aliphatic heterocycles. The second-order valence-electron chi connectivity index (χ2n) is 4.90. The first-order valence-corrected chi connectivity index (χ1v) is 7.33. The minimum absolute atomic E-state index is 0.733. The van der Waals surface area contributed by atoms with Crippen molar-refractivity contribution in [1.82, 2.24) is 5.32 Å². The Labute approximate surface area is 126 Å². The Morgan fingerprint density at radius 2 is 1.86 bits per heavy atom. The highest BCUT2D eigenvalue weighted by Gasteiger charge is 2.09. The van der Waals surface area contributed by atoms with E-state index in [2.05, 4.69) is 30.4 Å². The van der Waals surface area contributed by atoms with Gasteiger partial charge in [-0.25, -0.2) is 0 Å². The van der Waals surface area contributed by atoms with Crippen LogP contribution in [-0.2, 0) is 6.54 Å². The van der Waals surface area contributed by atoms with Gasteiger partial charge in [-0.15, -0.1) is 0 Å². The average molecular weight is 285 g/mol. The third-order valence-corrected chi connectivity index (χ3v) is 3.31. The van der Waals surface area contributed by atoms with Gasteiger partial charge in [-0.1, -0.05) is 31.2 Å². The van der Waals surface area contributed by atoms with E-state index >= 15 is 0 Å². The molecule has 0 heterocycles. The fourth-order valence-corrected chi connectivity index (χ4v) is 2.32. The molecule has 0 spiro atoms. The van der Waals surface area contributed by atoms with E-state index in [1.807, 2.05) is 31.3 Å². The third kappa shape index (κ3) is 3.76. The summed E-state index contributed by atoms with van der Waals surface area (Å²) in [7, 11) is 3.64. The van der Waals surface area contributed by atoms with Crippen LogP contribution in [0.5, 0.6) is 11.5 Å². The summed E-state index contributed by atoms with van der Waals surface area (Å²) in [5.74, 6) is 1.83. The van der Waals surface area contributed by atoms with Crippen LogP contribution in [0.2, 0.25) is 0 Å². The molecule has 0 saturated carbocycles. The van der Waals surface area contributed by atoms with Gasteiger partial charge in [0.1, 0.15) is 11.5 Å². The predicted octanol–water partition coefficient (Wildman–Crippen LogP) is 3.87. The van der Waals surface area contributed by atoms with Crippen molar-refractivity contribution in [3.8, 4) is 22.6 Å². The highest BCUT2D eigenvalue weighted by molar-refractivity contribution is 5.71. The van der Waals surface area contributed by atoms with Gasteiger partial charge in [-0.05, 0) is 37.2 Å². The smallest absolute Gasteiger partial charge is 0.127 e. The number of para-hydroxylation sites is 1. The van der Waals surface area contributed by atoms with Gasteiger partial charge in [-0.2, -0.15) is 0 Å². The molecule has 21 heavy (non-hydrogen) atoms. The van der Waals surface area contributed by atoms with Crippen molar-refractivity contribution >= 4 is 0 Å². The van der Waals surface area contributed by atoms with Crippen LogP contribution >= 0.6 is 0 Å². The topological polar surface area (TPSA) is 30.5 Å². The third-order valence-electron chi connectivity index (χ3n) is 3.31. The van der Waals surface area contributed by atoms with E-state index < -0.39 is 0 Å². The molecule has 0 unspecified atom stereocenters. The molecule has 0 bridgehead atoms. The summed E-state index contributed by atoms with van der Waals surface area (Å²) >= 11 is 0. The average Bonchev–Trinajstić information content (AvgIpc) is 2.53. The molecule has 3 heteroatoms. The van der Waals surface area contributed by atoms with Crippen molar-refractivity contribution in [2.45, 2.75) is 19.9 Å². The predicted molar refractivity (Wildman–Crippen MR) is 87.0 cm³/mol. The van der Waals surface area contributed by atoms with Crippen LogP contribution < -0.4 is 14.8 Å². The van der Waals surface area contributed by atoms with Gasteiger partial charge in [-0.3, -0.25) is 0 Å². The van der Waals surface area contributed by atoms with Gasteiger partial charge in [0.25, 0.3) is 0 Å². The van der Waals surface area contributed by atoms with Crippen LogP contribution in [0.1, 0.15) is 18.9 Å². The summed E-state index contributed by atoms with van der Waals surface area (Å²) in [4.78, 5) is 0. The van der Waals surface area contributed by atoms with Crippen LogP contribution in [0.4, 0.5) is 0 Å². The number of hydrogen-bond donors (Lipinski definition) is 1. The summed E-state index contributed by atoms with van der Waals surface area (Å²) in [6, 6.07) is 14.4. The normalized spacial score (nSPS) is 10.4. The van der Waals surface area contributed by atoms with E-state index in [-0.39, 0.29) is 0 Å². The quantitative estimate of drug-likeness (QED) is 0.837. The Kier molecular flexibility index (Phi) is 5.64. The number of methoxy groups -OCH3 is 1. The minimum atomic E-state index is 0.733. The summed E-state index contributed by atoms with van der Waals surface area (Å²) < 4.78 is 11.3. The van der Waals surface area contributed by atoms with E-state index in [1.165, 1.54) is 0 Å². The van der Waals surface area contributed by atoms with E-state index in [0.717, 1.165) is 47.8 Å². The fourth-order valence-electron chi connectivity index (χ4n) is 2.32. The zero-order valence-electron chi connectivity index (χ0n) is 13.0. The van der Waals surface area contributed by atoms with E-state index in [1.54, 1.807) is 7.11 Å². The maximum absolute atomic E-state index is 5.85. The molecule has 0 fully saturated rings. The first kappa shape index (κ1) is 15.4. The lowest BCUT2D eigenvalue weighted by Crippen LogP contribution is -2.06. The number of benzene rings is 2. The van der Waals surface area contributed by atoms with Crippen molar-refractivity contribution in [3.63, 3.8) is 0 Å². The van der Waals surface area contributed by atoms with E-state index in [9.17, 15) is 0 Å². The minimum Gasteiger partial charge on any atom is -0.496 e. The Morgan fingerprint density at radius 1 is 1.05 bits per heavy atom. The summed E-state index contributed by atoms with van der Waals surface area (Å²) in [5.41, 5.74) is 3.40. The monoisotopic (exact) mass is 285 g/mol. The van der Waals surface area contributed by atoms with Crippen LogP contribution in [-0.4, -0.2) is 20.8 Å². The molecule has 0 amide bonds. The molecule has 2 rings (SSSR count). The molecule has 2 aromatic carbocycles. The fraction of sp³-hybridized carbons (Fsp3) is 0.333. The highest BCUT2D eigenvalue weighted by Crippen LogP contribution is 2.33. The molecule has 0 radical (unpaired) electrons. The van der Waals surface area contributed by atoms with E-state index in [4.69, 9.17) is 9.47 Å². The molecule has 0 aliphatic rings. The van der Waals surface area contributed by atoms with Crippen LogP contribution in [0.25, 0.3) is 11.1 Å². The Balaban J connectivity index is 2.39. The summed E-state index contributed by atoms with van der Waals surface area (Å²) in [6.07, 6.45) is 1.00. The largest absolute Gasteiger partial charge is 0.496 e. The zero-order valence-corrected chi connectivity index (χ0v) is 13.0. The zero-order chi connectivity index (χ0) is 15.1. The van der Waals surface area contributed by atoms with Gasteiger partial charge in [0.05, 0.1) is 13.7 Å². The van der Waals surface area contributed by atoms with Crippen molar-refractivity contribution in [2.24, 2.45) is 0 Å². The number of rotatable bonds is 7. The van der Waals surface area contributed by atoms with Crippen LogP contribution in [0, 0.1) is 0 Å². The standard InChI is InChI=1S/C18H23NO2/c1-4-11-21-18-8-6-5-7-16(18)14-9-10-17(20-3)15(12-14)13-19-2/h5-10,12,19H,4,11,13H2,1-3H3. The number of nitrogens with one attached hydrogen (secondary N) is 1. The second-order valence-corrected chi connectivity index (χ2v) is 4.90. The van der Waals surface area contributed by atoms with Crippen molar-refractivity contribution < 1.29 is 9.47 Å². The lowest BCUT2D eigenvalue weighted by Gasteiger charge is -2.14. The Bertz CT molecular complexity index is 581. The molecule has 1 N–H and O–H groups in total. The molecule has 3 nitrogen and oxygen atoms in total. The molecule has 0 atom stereocenters. The summed E-state index contributed by atoms with van der Waals surface area (Å²) in [6.45, 7) is 3.62. The number of hydrogen-bond acceptors (Lipinski definition) is 3. The lowest BCUT2D eigenvalue weighted by molar-refractivity contribution is 0.318. The molecule has 112 valence electrons. The highest BCUT2D eigenvalue weighted by atomic mass is 16.5. The molecule has 0 aliphatic carbocycles. The second kappa shape index (κ2) is 7.70. The lowest BCUT2D eigenvalue weighted by atomic mass is 10.0. The van der Waals surface area contributed by atoms with Crippen LogP contribution in [0.3, 0.4) is 0 Å². The Morgan fingerprint density at radius 3 is 2.57 bits per heavy atom. The molecular weight excluding hydrogens is 262 g/mol. The first-order valence-electron chi connectivity index (χ1n) is 7.33. The summed E-state index contributed by atoms with van der Waals surface area (Å²) in [5, 5.41) is 3.18. The number of ether oxygens (including phenoxy) is 2. The first-order chi connectivity index (χ1) is 10.3. The van der Waals surface area contributed by atoms with Crippen molar-refractivity contribution in [3.05, 3.63) is 48.0 Å². The van der Waals surface area contributed by atoms with Gasteiger partial charge < -0.3 is 14.8 Å². The maximum atomic E-state index is 5.85. The van der Waals surface area contributed by atoms with Gasteiger partial charge in [0.2, 0.25) is 0 Å². The SMILES string of the molecule is CCCOc1ccccc1-c1ccc(OC)c(CNC)c1. The van der Waals surface area contributed by atoms with Gasteiger partial charge >= 0.3 is 0 Å².